The minimum atomic E-state index is -1.10. The molecule has 30 heavy (non-hydrogen) atoms. The lowest BCUT2D eigenvalue weighted by atomic mass is 10.1. The Bertz CT molecular complexity index is 1100. The van der Waals surface area contributed by atoms with Gasteiger partial charge >= 0.3 is 5.97 Å². The molecule has 0 saturated heterocycles. The average molecular weight is 407 g/mol. The molecular weight excluding hydrogens is 390 g/mol. The van der Waals surface area contributed by atoms with E-state index in [1.807, 2.05) is 6.07 Å². The highest BCUT2D eigenvalue weighted by atomic mass is 16.6. The van der Waals surface area contributed by atoms with E-state index in [1.54, 1.807) is 42.5 Å². The standard InChI is InChI=1S/C21H17N3O6/c1-12(24-19(25)13-7-3-4-8-14(13)20(24)26)21(27)29-11-17-22-18(23-30-17)15-9-5-6-10-16(15)28-2/h3-10,12H,11H2,1-2H3/t12-/m1/s1. The van der Waals surface area contributed by atoms with Crippen LogP contribution in [0.4, 0.5) is 0 Å². The summed E-state index contributed by atoms with van der Waals surface area (Å²) in [7, 11) is 1.53. The fraction of sp³-hybridized carbons (Fsp3) is 0.190. The van der Waals surface area contributed by atoms with Crippen LogP contribution in [0.3, 0.4) is 0 Å². The number of esters is 1. The summed E-state index contributed by atoms with van der Waals surface area (Å²) in [5.74, 6) is -0.902. The van der Waals surface area contributed by atoms with Crippen LogP contribution < -0.4 is 4.74 Å². The van der Waals surface area contributed by atoms with E-state index in [4.69, 9.17) is 14.0 Å². The molecule has 0 fully saturated rings. The molecule has 0 radical (unpaired) electrons. The number of amides is 2. The van der Waals surface area contributed by atoms with Gasteiger partial charge in [-0.05, 0) is 31.2 Å². The highest BCUT2D eigenvalue weighted by molar-refractivity contribution is 6.22. The first-order chi connectivity index (χ1) is 14.5. The zero-order valence-corrected chi connectivity index (χ0v) is 16.2. The maximum Gasteiger partial charge on any atom is 0.329 e. The molecule has 1 atom stereocenters. The topological polar surface area (TPSA) is 112 Å². The molecule has 0 bridgehead atoms. The van der Waals surface area contributed by atoms with Crippen LogP contribution in [0.2, 0.25) is 0 Å². The monoisotopic (exact) mass is 407 g/mol. The fourth-order valence-corrected chi connectivity index (χ4v) is 3.17. The van der Waals surface area contributed by atoms with Crippen LogP contribution in [0.5, 0.6) is 5.75 Å². The van der Waals surface area contributed by atoms with E-state index in [0.29, 0.717) is 11.3 Å². The van der Waals surface area contributed by atoms with Crippen molar-refractivity contribution < 1.29 is 28.4 Å². The summed E-state index contributed by atoms with van der Waals surface area (Å²) in [6.07, 6.45) is 0. The first kappa shape index (κ1) is 19.3. The Morgan fingerprint density at radius 1 is 1.03 bits per heavy atom. The third kappa shape index (κ3) is 3.30. The smallest absolute Gasteiger partial charge is 0.329 e. The number of methoxy groups -OCH3 is 1. The number of aromatic nitrogens is 2. The minimum Gasteiger partial charge on any atom is -0.496 e. The van der Waals surface area contributed by atoms with E-state index < -0.39 is 23.8 Å². The fourth-order valence-electron chi connectivity index (χ4n) is 3.17. The van der Waals surface area contributed by atoms with Gasteiger partial charge in [-0.25, -0.2) is 4.79 Å². The highest BCUT2D eigenvalue weighted by Crippen LogP contribution is 2.27. The number of para-hydroxylation sites is 1. The van der Waals surface area contributed by atoms with Gasteiger partial charge in [0, 0.05) is 0 Å². The second-order valence-electron chi connectivity index (χ2n) is 6.52. The van der Waals surface area contributed by atoms with Crippen molar-refractivity contribution in [3.8, 4) is 17.1 Å². The number of ether oxygens (including phenoxy) is 2. The second-order valence-corrected chi connectivity index (χ2v) is 6.52. The average Bonchev–Trinajstić information content (AvgIpc) is 3.35. The van der Waals surface area contributed by atoms with E-state index in [2.05, 4.69) is 10.1 Å². The number of rotatable bonds is 6. The second kappa shape index (κ2) is 7.78. The largest absolute Gasteiger partial charge is 0.496 e. The van der Waals surface area contributed by atoms with Crippen LogP contribution in [0.25, 0.3) is 11.4 Å². The zero-order chi connectivity index (χ0) is 21.3. The molecule has 0 unspecified atom stereocenters. The van der Waals surface area contributed by atoms with Crippen molar-refractivity contribution in [1.82, 2.24) is 15.0 Å². The third-order valence-electron chi connectivity index (χ3n) is 4.71. The lowest BCUT2D eigenvalue weighted by Gasteiger charge is -2.20. The Morgan fingerprint density at radius 3 is 2.27 bits per heavy atom. The van der Waals surface area contributed by atoms with Crippen molar-refractivity contribution in [2.75, 3.05) is 7.11 Å². The van der Waals surface area contributed by atoms with E-state index in [1.165, 1.54) is 14.0 Å². The molecule has 2 amide bonds. The quantitative estimate of drug-likeness (QED) is 0.452. The lowest BCUT2D eigenvalue weighted by Crippen LogP contribution is -2.43. The number of benzene rings is 2. The zero-order valence-electron chi connectivity index (χ0n) is 16.2. The van der Waals surface area contributed by atoms with Gasteiger partial charge in [-0.2, -0.15) is 4.98 Å². The predicted octanol–water partition coefficient (Wildman–Crippen LogP) is 2.47. The number of nitrogens with zero attached hydrogens (tertiary/aromatic N) is 3. The number of fused-ring (bicyclic) bond motifs is 1. The minimum absolute atomic E-state index is 0.0683. The maximum atomic E-state index is 12.5. The molecule has 0 spiro atoms. The normalized spacial score (nSPS) is 13.9. The molecule has 3 aromatic rings. The van der Waals surface area contributed by atoms with E-state index >= 15 is 0 Å². The number of carbonyl (C=O) groups is 3. The lowest BCUT2D eigenvalue weighted by molar-refractivity contribution is -0.149. The van der Waals surface area contributed by atoms with Gasteiger partial charge in [0.2, 0.25) is 5.82 Å². The van der Waals surface area contributed by atoms with E-state index in [-0.39, 0.29) is 29.4 Å². The van der Waals surface area contributed by atoms with Crippen molar-refractivity contribution in [1.29, 1.82) is 0 Å². The number of hydrogen-bond donors (Lipinski definition) is 0. The molecule has 0 aliphatic carbocycles. The molecule has 4 rings (SSSR count). The van der Waals surface area contributed by atoms with E-state index in [0.717, 1.165) is 4.90 Å². The molecule has 1 aromatic heterocycles. The Labute approximate surface area is 171 Å². The third-order valence-corrected chi connectivity index (χ3v) is 4.71. The Morgan fingerprint density at radius 2 is 1.63 bits per heavy atom. The predicted molar refractivity (Wildman–Crippen MR) is 102 cm³/mol. The molecule has 152 valence electrons. The molecule has 1 aliphatic rings. The molecule has 2 heterocycles. The Hall–Kier alpha value is -4.01. The number of imide groups is 1. The summed E-state index contributed by atoms with van der Waals surface area (Å²) < 4.78 is 15.6. The van der Waals surface area contributed by atoms with Crippen molar-refractivity contribution in [2.45, 2.75) is 19.6 Å². The SMILES string of the molecule is COc1ccccc1-c1noc(COC(=O)[C@@H](C)N2C(=O)c3ccccc3C2=O)n1. The maximum absolute atomic E-state index is 12.5. The molecule has 9 nitrogen and oxygen atoms in total. The molecular formula is C21H17N3O6. The molecule has 9 heteroatoms. The van der Waals surface area contributed by atoms with Gasteiger partial charge in [-0.15, -0.1) is 0 Å². The van der Waals surface area contributed by atoms with Crippen LogP contribution in [0.1, 0.15) is 33.5 Å². The van der Waals surface area contributed by atoms with Gasteiger partial charge in [0.25, 0.3) is 17.7 Å². The first-order valence-electron chi connectivity index (χ1n) is 9.10. The van der Waals surface area contributed by atoms with Gasteiger partial charge in [0.05, 0.1) is 23.8 Å². The van der Waals surface area contributed by atoms with Crippen LogP contribution in [0, 0.1) is 0 Å². The highest BCUT2D eigenvalue weighted by Gasteiger charge is 2.41. The van der Waals surface area contributed by atoms with Crippen LogP contribution in [-0.2, 0) is 16.1 Å². The summed E-state index contributed by atoms with van der Waals surface area (Å²) in [5.41, 5.74) is 1.15. The van der Waals surface area contributed by atoms with Crippen molar-refractivity contribution in [2.24, 2.45) is 0 Å². The summed E-state index contributed by atoms with van der Waals surface area (Å²) in [4.78, 5) is 42.5. The summed E-state index contributed by atoms with van der Waals surface area (Å²) in [6, 6.07) is 12.4. The van der Waals surface area contributed by atoms with Gasteiger partial charge in [0.15, 0.2) is 6.61 Å². The van der Waals surface area contributed by atoms with Gasteiger partial charge in [-0.3, -0.25) is 14.5 Å². The van der Waals surface area contributed by atoms with Gasteiger partial charge in [0.1, 0.15) is 11.8 Å². The molecule has 0 saturated carbocycles. The van der Waals surface area contributed by atoms with Gasteiger partial charge < -0.3 is 14.0 Å². The molecule has 1 aliphatic heterocycles. The summed E-state index contributed by atoms with van der Waals surface area (Å²) >= 11 is 0. The van der Waals surface area contributed by atoms with Crippen molar-refractivity contribution in [3.63, 3.8) is 0 Å². The van der Waals surface area contributed by atoms with Crippen molar-refractivity contribution in [3.05, 3.63) is 65.5 Å². The van der Waals surface area contributed by atoms with Gasteiger partial charge in [-0.1, -0.05) is 29.4 Å². The molecule has 0 N–H and O–H groups in total. The summed E-state index contributed by atoms with van der Waals surface area (Å²) in [5, 5.41) is 3.87. The Kier molecular flexibility index (Phi) is 5.01. The number of hydrogen-bond acceptors (Lipinski definition) is 8. The van der Waals surface area contributed by atoms with E-state index in [9.17, 15) is 14.4 Å². The Balaban J connectivity index is 1.43. The van der Waals surface area contributed by atoms with Crippen LogP contribution in [0.15, 0.2) is 53.1 Å². The van der Waals surface area contributed by atoms with Crippen LogP contribution >= 0.6 is 0 Å². The van der Waals surface area contributed by atoms with Crippen molar-refractivity contribution >= 4 is 17.8 Å². The first-order valence-corrected chi connectivity index (χ1v) is 9.10. The van der Waals surface area contributed by atoms with Crippen LogP contribution in [-0.4, -0.2) is 46.0 Å². The molecule has 2 aromatic carbocycles. The summed E-state index contributed by atoms with van der Waals surface area (Å²) in [6.45, 7) is 1.13. The number of carbonyl (C=O) groups excluding carboxylic acids is 3.